The van der Waals surface area contributed by atoms with E-state index in [0.717, 1.165) is 16.9 Å². The molecule has 2 aliphatic rings. The number of carbonyl (C=O) groups excluding carboxylic acids is 3. The zero-order valence-electron chi connectivity index (χ0n) is 22.1. The van der Waals surface area contributed by atoms with Crippen molar-refractivity contribution in [2.24, 2.45) is 5.41 Å². The lowest BCUT2D eigenvalue weighted by molar-refractivity contribution is -0.153. The molecule has 1 saturated heterocycles. The van der Waals surface area contributed by atoms with Crippen LogP contribution in [0.2, 0.25) is 0 Å². The van der Waals surface area contributed by atoms with Crippen molar-refractivity contribution in [1.29, 1.82) is 0 Å². The Balaban J connectivity index is 1.55. The molecule has 0 bridgehead atoms. The summed E-state index contributed by atoms with van der Waals surface area (Å²) in [5.41, 5.74) is 3.36. The Labute approximate surface area is 222 Å². The van der Waals surface area contributed by atoms with Crippen LogP contribution in [0.5, 0.6) is 0 Å². The zero-order chi connectivity index (χ0) is 27.0. The van der Waals surface area contributed by atoms with Crippen LogP contribution in [0.25, 0.3) is 11.3 Å². The summed E-state index contributed by atoms with van der Waals surface area (Å²) < 4.78 is 5.82. The number of hydrogen-bond acceptors (Lipinski definition) is 6. The summed E-state index contributed by atoms with van der Waals surface area (Å²) >= 11 is 0. The molecule has 3 N–H and O–H groups in total. The molecule has 9 heteroatoms. The Hall–Kier alpha value is -3.98. The maximum Gasteiger partial charge on any atom is 0.229 e. The topological polar surface area (TPSA) is 116 Å². The Morgan fingerprint density at radius 2 is 1.82 bits per heavy atom. The first kappa shape index (κ1) is 25.7. The fourth-order valence-electron chi connectivity index (χ4n) is 5.61. The van der Waals surface area contributed by atoms with Crippen molar-refractivity contribution in [3.05, 3.63) is 59.9 Å². The summed E-state index contributed by atoms with van der Waals surface area (Å²) in [4.78, 5) is 48.7. The van der Waals surface area contributed by atoms with Gasteiger partial charge < -0.3 is 25.3 Å². The second-order valence-electron chi connectivity index (χ2n) is 10.6. The number of anilines is 3. The van der Waals surface area contributed by atoms with E-state index in [1.165, 1.54) is 6.92 Å². The number of nitrogens with zero attached hydrogens (tertiary/aromatic N) is 2. The highest BCUT2D eigenvalue weighted by atomic mass is 16.5. The van der Waals surface area contributed by atoms with E-state index in [1.807, 2.05) is 62.1 Å². The number of pyridine rings is 1. The normalized spacial score (nSPS) is 23.1. The van der Waals surface area contributed by atoms with Crippen molar-refractivity contribution in [3.63, 3.8) is 0 Å². The second-order valence-corrected chi connectivity index (χ2v) is 10.6. The molecule has 1 aromatic carbocycles. The first-order valence-electron chi connectivity index (χ1n) is 12.9. The summed E-state index contributed by atoms with van der Waals surface area (Å²) in [5, 5.41) is 6.14. The zero-order valence-corrected chi connectivity index (χ0v) is 22.1. The van der Waals surface area contributed by atoms with Gasteiger partial charge in [0.2, 0.25) is 11.8 Å². The van der Waals surface area contributed by atoms with E-state index in [4.69, 9.17) is 4.74 Å². The predicted octanol–water partition coefficient (Wildman–Crippen LogP) is 4.55. The van der Waals surface area contributed by atoms with Gasteiger partial charge in [0.15, 0.2) is 5.78 Å². The second kappa shape index (κ2) is 10.1. The minimum Gasteiger partial charge on any atom is -0.372 e. The van der Waals surface area contributed by atoms with Crippen LogP contribution in [0.4, 0.5) is 17.2 Å². The fraction of sp³-hybridized carbons (Fsp3) is 0.379. The van der Waals surface area contributed by atoms with Gasteiger partial charge in [-0.3, -0.25) is 14.4 Å². The molecule has 0 spiro atoms. The predicted molar refractivity (Wildman–Crippen MR) is 145 cm³/mol. The van der Waals surface area contributed by atoms with Crippen molar-refractivity contribution in [3.8, 4) is 11.3 Å². The third-order valence-electron chi connectivity index (χ3n) is 7.09. The number of amides is 2. The lowest BCUT2D eigenvalue weighted by atomic mass is 9.73. The summed E-state index contributed by atoms with van der Waals surface area (Å²) in [5.74, 6) is 0.0759. The van der Waals surface area contributed by atoms with Gasteiger partial charge in [0.25, 0.3) is 0 Å². The number of aromatic amines is 1. The lowest BCUT2D eigenvalue weighted by Gasteiger charge is -2.41. The standard InChI is InChI=1S/C29H33N5O4/c1-17-15-34(16-18(2)38-17)28(37)29(4)13-22-25(23(36)14-29)27(32-21-8-6-5-7-9-21)26(33-22)20-10-11-30-24(12-20)31-19(3)35/h5-12,17-18,32-33H,13-16H2,1-4H3,(H,30,31,35)/t17-,18+,29?. The SMILES string of the molecule is CC(=O)Nc1cc(-c2[nH]c3c(c2Nc2ccccc2)C(=O)CC(C)(C(=O)N2C[C@@H](C)O[C@@H](C)C2)C3)ccn1. The van der Waals surface area contributed by atoms with Crippen LogP contribution in [-0.2, 0) is 20.7 Å². The third kappa shape index (κ3) is 5.06. The highest BCUT2D eigenvalue weighted by Gasteiger charge is 2.46. The number of ketones is 1. The molecule has 0 saturated carbocycles. The third-order valence-corrected chi connectivity index (χ3v) is 7.09. The van der Waals surface area contributed by atoms with Crippen molar-refractivity contribution < 1.29 is 19.1 Å². The molecular formula is C29H33N5O4. The van der Waals surface area contributed by atoms with Gasteiger partial charge in [-0.05, 0) is 45.0 Å². The molecule has 1 aliphatic heterocycles. The number of hydrogen-bond donors (Lipinski definition) is 3. The van der Waals surface area contributed by atoms with Crippen LogP contribution in [0, 0.1) is 5.41 Å². The van der Waals surface area contributed by atoms with Gasteiger partial charge in [0, 0.05) is 56.0 Å². The lowest BCUT2D eigenvalue weighted by Crippen LogP contribution is -2.54. The van der Waals surface area contributed by atoms with E-state index < -0.39 is 5.41 Å². The molecule has 0 radical (unpaired) electrons. The van der Waals surface area contributed by atoms with E-state index in [1.54, 1.807) is 12.3 Å². The van der Waals surface area contributed by atoms with Crippen molar-refractivity contribution >= 4 is 34.8 Å². The Morgan fingerprint density at radius 3 is 2.50 bits per heavy atom. The first-order chi connectivity index (χ1) is 18.1. The minimum atomic E-state index is -0.868. The molecule has 2 amide bonds. The summed E-state index contributed by atoms with van der Waals surface area (Å²) in [7, 11) is 0. The average Bonchev–Trinajstić information content (AvgIpc) is 3.21. The number of H-pyrrole nitrogens is 1. The van der Waals surface area contributed by atoms with Crippen LogP contribution >= 0.6 is 0 Å². The number of nitrogens with one attached hydrogen (secondary N) is 3. The number of carbonyl (C=O) groups is 3. The molecule has 9 nitrogen and oxygen atoms in total. The quantitative estimate of drug-likeness (QED) is 0.459. The van der Waals surface area contributed by atoms with E-state index in [2.05, 4.69) is 20.6 Å². The maximum absolute atomic E-state index is 13.8. The van der Waals surface area contributed by atoms with Gasteiger partial charge in [0.05, 0.1) is 34.6 Å². The molecule has 1 unspecified atom stereocenters. The Kier molecular flexibility index (Phi) is 6.79. The van der Waals surface area contributed by atoms with Crippen LogP contribution < -0.4 is 10.6 Å². The fourth-order valence-corrected chi connectivity index (χ4v) is 5.61. The molecule has 3 atom stereocenters. The number of para-hydroxylation sites is 1. The number of ether oxygens (including phenoxy) is 1. The average molecular weight is 516 g/mol. The maximum atomic E-state index is 13.8. The molecule has 38 heavy (non-hydrogen) atoms. The van der Waals surface area contributed by atoms with Gasteiger partial charge >= 0.3 is 0 Å². The molecule has 3 aromatic rings. The monoisotopic (exact) mass is 515 g/mol. The smallest absolute Gasteiger partial charge is 0.229 e. The largest absolute Gasteiger partial charge is 0.372 e. The van der Waals surface area contributed by atoms with Gasteiger partial charge in [-0.25, -0.2) is 4.98 Å². The molecular weight excluding hydrogens is 482 g/mol. The molecule has 198 valence electrons. The van der Waals surface area contributed by atoms with Gasteiger partial charge in [0.1, 0.15) is 5.82 Å². The minimum absolute atomic E-state index is 0.0240. The number of morpholine rings is 1. The first-order valence-corrected chi connectivity index (χ1v) is 12.9. The highest BCUT2D eigenvalue weighted by molar-refractivity contribution is 6.10. The Bertz CT molecular complexity index is 1370. The molecule has 5 rings (SSSR count). The summed E-state index contributed by atoms with van der Waals surface area (Å²) in [6.07, 6.45) is 2.03. The van der Waals surface area contributed by atoms with E-state index in [-0.39, 0.29) is 36.2 Å². The van der Waals surface area contributed by atoms with Gasteiger partial charge in [-0.15, -0.1) is 0 Å². The summed E-state index contributed by atoms with van der Waals surface area (Å²) in [6.45, 7) is 8.26. The van der Waals surface area contributed by atoms with Gasteiger partial charge in [-0.2, -0.15) is 0 Å². The number of benzene rings is 1. The van der Waals surface area contributed by atoms with Crippen LogP contribution in [0.15, 0.2) is 48.7 Å². The molecule has 1 fully saturated rings. The molecule has 1 aliphatic carbocycles. The van der Waals surface area contributed by atoms with Crippen LogP contribution in [0.1, 0.15) is 50.2 Å². The van der Waals surface area contributed by atoms with Crippen LogP contribution in [0.3, 0.4) is 0 Å². The van der Waals surface area contributed by atoms with Gasteiger partial charge in [-0.1, -0.05) is 18.2 Å². The van der Waals surface area contributed by atoms with E-state index >= 15 is 0 Å². The van der Waals surface area contributed by atoms with Crippen molar-refractivity contribution in [2.75, 3.05) is 23.7 Å². The van der Waals surface area contributed by atoms with Crippen LogP contribution in [-0.4, -0.2) is 57.8 Å². The number of rotatable bonds is 5. The number of Topliss-reactive ketones (excluding diaryl/α,β-unsaturated/α-hetero) is 1. The number of fused-ring (bicyclic) bond motifs is 1. The molecule has 2 aromatic heterocycles. The Morgan fingerprint density at radius 1 is 1.11 bits per heavy atom. The number of aromatic nitrogens is 2. The molecule has 3 heterocycles. The van der Waals surface area contributed by atoms with E-state index in [0.29, 0.717) is 42.3 Å². The summed E-state index contributed by atoms with van der Waals surface area (Å²) in [6, 6.07) is 13.2. The van der Waals surface area contributed by atoms with E-state index in [9.17, 15) is 14.4 Å². The van der Waals surface area contributed by atoms with Crippen molar-refractivity contribution in [1.82, 2.24) is 14.9 Å². The van der Waals surface area contributed by atoms with Crippen molar-refractivity contribution in [2.45, 2.75) is 52.7 Å². The highest BCUT2D eigenvalue weighted by Crippen LogP contribution is 2.44.